The minimum Gasteiger partial charge on any atom is -0.381 e. The van der Waals surface area contributed by atoms with E-state index in [1.807, 2.05) is 11.0 Å². The summed E-state index contributed by atoms with van der Waals surface area (Å²) in [5.74, 6) is -1.10. The summed E-state index contributed by atoms with van der Waals surface area (Å²) in [6.45, 7) is 3.21. The van der Waals surface area contributed by atoms with Crippen LogP contribution in [0.2, 0.25) is 0 Å². The van der Waals surface area contributed by atoms with Gasteiger partial charge in [0.05, 0.1) is 11.9 Å². The molecular weight excluding hydrogens is 464 g/mol. The first-order valence-corrected chi connectivity index (χ1v) is 12.5. The summed E-state index contributed by atoms with van der Waals surface area (Å²) in [6.07, 6.45) is 6.21. The molecule has 11 heteroatoms. The maximum absolute atomic E-state index is 13.2. The van der Waals surface area contributed by atoms with Gasteiger partial charge in [0.2, 0.25) is 11.8 Å². The van der Waals surface area contributed by atoms with Gasteiger partial charge in [0.25, 0.3) is 11.8 Å². The molecule has 0 saturated carbocycles. The van der Waals surface area contributed by atoms with Gasteiger partial charge in [0, 0.05) is 44.8 Å². The van der Waals surface area contributed by atoms with Crippen molar-refractivity contribution < 1.29 is 23.9 Å². The molecule has 1 spiro atoms. The lowest BCUT2D eigenvalue weighted by Crippen LogP contribution is -2.52. The van der Waals surface area contributed by atoms with Crippen LogP contribution >= 0.6 is 0 Å². The van der Waals surface area contributed by atoms with Gasteiger partial charge in [-0.3, -0.25) is 24.5 Å². The number of hydrogen-bond donors (Lipinski definition) is 1. The van der Waals surface area contributed by atoms with E-state index in [0.29, 0.717) is 29.9 Å². The Balaban J connectivity index is 1.18. The molecule has 188 valence electrons. The predicted molar refractivity (Wildman–Crippen MR) is 125 cm³/mol. The number of nitrogens with zero attached hydrogens (tertiary/aromatic N) is 5. The summed E-state index contributed by atoms with van der Waals surface area (Å²) in [7, 11) is 0. The number of amides is 4. The third-order valence-electron chi connectivity index (χ3n) is 7.99. The number of imide groups is 1. The van der Waals surface area contributed by atoms with Crippen molar-refractivity contribution in [2.24, 2.45) is 5.41 Å². The van der Waals surface area contributed by atoms with Crippen molar-refractivity contribution in [2.45, 2.75) is 51.1 Å². The molecule has 4 aliphatic heterocycles. The van der Waals surface area contributed by atoms with Crippen LogP contribution in [-0.2, 0) is 20.9 Å². The third kappa shape index (κ3) is 3.97. The quantitative estimate of drug-likeness (QED) is 0.635. The van der Waals surface area contributed by atoms with E-state index in [9.17, 15) is 19.2 Å². The zero-order valence-corrected chi connectivity index (χ0v) is 19.9. The molecule has 6 rings (SSSR count). The highest BCUT2D eigenvalue weighted by molar-refractivity contribution is 6.05. The molecule has 4 aliphatic rings. The van der Waals surface area contributed by atoms with Crippen LogP contribution in [0.25, 0.3) is 5.69 Å². The standard InChI is InChI=1S/C25H28N6O5/c32-21-5-4-20(22(33)26-21)30-13-16-12-17(2-3-18(16)23(30)34)31-14-19(27-28-31)24(35)29-9-1-6-25(15-29)7-10-36-11-8-25/h2-3,12,14,20H,1,4-11,13,15H2,(H,26,32,33). The van der Waals surface area contributed by atoms with Crippen LogP contribution in [0.5, 0.6) is 0 Å². The van der Waals surface area contributed by atoms with E-state index in [2.05, 4.69) is 15.6 Å². The summed E-state index contributed by atoms with van der Waals surface area (Å²) in [5.41, 5.74) is 2.40. The number of aromatic nitrogens is 3. The van der Waals surface area contributed by atoms with Crippen LogP contribution in [-0.4, -0.2) is 80.8 Å². The number of hydrogen-bond acceptors (Lipinski definition) is 7. The second-order valence-electron chi connectivity index (χ2n) is 10.2. The molecule has 0 aliphatic carbocycles. The van der Waals surface area contributed by atoms with E-state index in [0.717, 1.165) is 51.0 Å². The minimum absolute atomic E-state index is 0.118. The number of likely N-dealkylation sites (tertiary alicyclic amines) is 1. The van der Waals surface area contributed by atoms with Gasteiger partial charge in [-0.2, -0.15) is 0 Å². The average molecular weight is 493 g/mol. The van der Waals surface area contributed by atoms with Crippen molar-refractivity contribution in [3.05, 3.63) is 41.2 Å². The zero-order valence-electron chi connectivity index (χ0n) is 19.9. The van der Waals surface area contributed by atoms with Gasteiger partial charge in [0.15, 0.2) is 5.69 Å². The van der Waals surface area contributed by atoms with Gasteiger partial charge >= 0.3 is 0 Å². The van der Waals surface area contributed by atoms with Crippen LogP contribution in [0.4, 0.5) is 0 Å². The van der Waals surface area contributed by atoms with Crippen molar-refractivity contribution in [3.63, 3.8) is 0 Å². The maximum Gasteiger partial charge on any atom is 0.276 e. The fourth-order valence-electron chi connectivity index (χ4n) is 5.95. The lowest BCUT2D eigenvalue weighted by Gasteiger charge is -2.44. The van der Waals surface area contributed by atoms with Crippen LogP contribution < -0.4 is 5.32 Å². The SMILES string of the molecule is O=C1CCC(N2Cc3cc(-n4cc(C(=O)N5CCCC6(CCOCC6)C5)nn4)ccc3C2=O)C(=O)N1. The van der Waals surface area contributed by atoms with E-state index >= 15 is 0 Å². The van der Waals surface area contributed by atoms with Crippen molar-refractivity contribution in [1.82, 2.24) is 30.1 Å². The Morgan fingerprint density at radius 2 is 1.97 bits per heavy atom. The van der Waals surface area contributed by atoms with Gasteiger partial charge in [-0.25, -0.2) is 4.68 Å². The molecule has 1 N–H and O–H groups in total. The highest BCUT2D eigenvalue weighted by atomic mass is 16.5. The monoisotopic (exact) mass is 492 g/mol. The number of carbonyl (C=O) groups excluding carboxylic acids is 4. The Kier molecular flexibility index (Phi) is 5.59. The largest absolute Gasteiger partial charge is 0.381 e. The molecule has 0 radical (unpaired) electrons. The van der Waals surface area contributed by atoms with Gasteiger partial charge in [-0.05, 0) is 61.3 Å². The Morgan fingerprint density at radius 3 is 2.78 bits per heavy atom. The molecule has 36 heavy (non-hydrogen) atoms. The molecule has 3 saturated heterocycles. The van der Waals surface area contributed by atoms with E-state index in [1.165, 1.54) is 4.90 Å². The number of benzene rings is 1. The van der Waals surface area contributed by atoms with E-state index in [4.69, 9.17) is 4.74 Å². The normalized spacial score (nSPS) is 23.7. The molecule has 11 nitrogen and oxygen atoms in total. The van der Waals surface area contributed by atoms with Crippen molar-refractivity contribution >= 4 is 23.6 Å². The molecule has 5 heterocycles. The number of ether oxygens (including phenoxy) is 1. The van der Waals surface area contributed by atoms with Crippen LogP contribution in [0.1, 0.15) is 64.9 Å². The highest BCUT2D eigenvalue weighted by Gasteiger charge is 2.40. The number of rotatable bonds is 3. The molecule has 1 unspecified atom stereocenters. The Labute approximate surface area is 207 Å². The molecule has 2 aromatic rings. The fourth-order valence-corrected chi connectivity index (χ4v) is 5.95. The Hall–Kier alpha value is -3.60. The summed E-state index contributed by atoms with van der Waals surface area (Å²) < 4.78 is 7.07. The third-order valence-corrected chi connectivity index (χ3v) is 7.99. The van der Waals surface area contributed by atoms with Crippen LogP contribution in [0, 0.1) is 5.41 Å². The topological polar surface area (TPSA) is 127 Å². The average Bonchev–Trinajstić information content (AvgIpc) is 3.49. The minimum atomic E-state index is -0.662. The smallest absolute Gasteiger partial charge is 0.276 e. The first-order chi connectivity index (χ1) is 17.4. The van der Waals surface area contributed by atoms with Gasteiger partial charge in [0.1, 0.15) is 6.04 Å². The first kappa shape index (κ1) is 22.8. The summed E-state index contributed by atoms with van der Waals surface area (Å²) in [5, 5.41) is 10.6. The number of fused-ring (bicyclic) bond motifs is 1. The van der Waals surface area contributed by atoms with Gasteiger partial charge < -0.3 is 14.5 Å². The lowest BCUT2D eigenvalue weighted by atomic mass is 9.74. The summed E-state index contributed by atoms with van der Waals surface area (Å²) in [4.78, 5) is 53.3. The molecule has 4 amide bonds. The Bertz CT molecular complexity index is 1240. The van der Waals surface area contributed by atoms with Gasteiger partial charge in [-0.1, -0.05) is 5.21 Å². The summed E-state index contributed by atoms with van der Waals surface area (Å²) >= 11 is 0. The number of piperidine rings is 2. The molecule has 3 fully saturated rings. The molecule has 0 bridgehead atoms. The lowest BCUT2D eigenvalue weighted by molar-refractivity contribution is -0.136. The highest BCUT2D eigenvalue weighted by Crippen LogP contribution is 2.39. The number of nitrogens with one attached hydrogen (secondary N) is 1. The van der Waals surface area contributed by atoms with Crippen molar-refractivity contribution in [2.75, 3.05) is 26.3 Å². The second kappa shape index (κ2) is 8.81. The fraction of sp³-hybridized carbons (Fsp3) is 0.520. The Morgan fingerprint density at radius 1 is 1.14 bits per heavy atom. The van der Waals surface area contributed by atoms with Crippen molar-refractivity contribution in [1.29, 1.82) is 0 Å². The predicted octanol–water partition coefficient (Wildman–Crippen LogP) is 1.06. The van der Waals surface area contributed by atoms with E-state index in [1.54, 1.807) is 23.0 Å². The molecule has 1 atom stereocenters. The van der Waals surface area contributed by atoms with Crippen LogP contribution in [0.15, 0.2) is 24.4 Å². The van der Waals surface area contributed by atoms with Crippen molar-refractivity contribution in [3.8, 4) is 5.69 Å². The van der Waals surface area contributed by atoms with E-state index in [-0.39, 0.29) is 36.1 Å². The molecule has 1 aromatic carbocycles. The summed E-state index contributed by atoms with van der Waals surface area (Å²) in [6, 6.07) is 4.64. The number of carbonyl (C=O) groups is 4. The first-order valence-electron chi connectivity index (χ1n) is 12.5. The van der Waals surface area contributed by atoms with Gasteiger partial charge in [-0.15, -0.1) is 5.10 Å². The molecule has 1 aromatic heterocycles. The molecular formula is C25H28N6O5. The maximum atomic E-state index is 13.2. The zero-order chi connectivity index (χ0) is 24.9. The second-order valence-corrected chi connectivity index (χ2v) is 10.2. The van der Waals surface area contributed by atoms with E-state index < -0.39 is 11.9 Å². The van der Waals surface area contributed by atoms with Crippen LogP contribution in [0.3, 0.4) is 0 Å².